The van der Waals surface area contributed by atoms with Crippen molar-refractivity contribution in [3.63, 3.8) is 0 Å². The molecule has 2 rings (SSSR count). The number of nitrogens with zero attached hydrogens (tertiary/aromatic N) is 2. The van der Waals surface area contributed by atoms with Gasteiger partial charge in [-0.2, -0.15) is 0 Å². The maximum absolute atomic E-state index is 12.4. The van der Waals surface area contributed by atoms with Crippen LogP contribution in [0.3, 0.4) is 0 Å². The van der Waals surface area contributed by atoms with E-state index in [0.29, 0.717) is 23.3 Å². The molecular formula is C22H31N3O4. The van der Waals surface area contributed by atoms with E-state index in [2.05, 4.69) is 31.1 Å². The molecule has 1 N–H and O–H groups in total. The predicted octanol–water partition coefficient (Wildman–Crippen LogP) is 3.21. The van der Waals surface area contributed by atoms with Gasteiger partial charge in [-0.25, -0.2) is 9.78 Å². The van der Waals surface area contributed by atoms with Crippen LogP contribution in [0.15, 0.2) is 23.0 Å². The number of aromatic nitrogens is 2. The molecule has 0 atom stereocenters. The summed E-state index contributed by atoms with van der Waals surface area (Å²) in [4.78, 5) is 41.1. The van der Waals surface area contributed by atoms with Crippen molar-refractivity contribution in [3.8, 4) is 0 Å². The van der Waals surface area contributed by atoms with Gasteiger partial charge in [0, 0.05) is 12.1 Å². The maximum atomic E-state index is 12.4. The molecule has 1 amide bonds. The van der Waals surface area contributed by atoms with E-state index in [1.807, 2.05) is 20.8 Å². The Morgan fingerprint density at radius 3 is 2.41 bits per heavy atom. The number of ether oxygens (including phenoxy) is 1. The Morgan fingerprint density at radius 1 is 1.17 bits per heavy atom. The monoisotopic (exact) mass is 401 g/mol. The van der Waals surface area contributed by atoms with Crippen LogP contribution in [-0.4, -0.2) is 33.6 Å². The van der Waals surface area contributed by atoms with Crippen LogP contribution in [0.1, 0.15) is 64.0 Å². The van der Waals surface area contributed by atoms with Crippen LogP contribution in [0.5, 0.6) is 0 Å². The molecule has 0 saturated heterocycles. The highest BCUT2D eigenvalue weighted by Gasteiger charge is 2.27. The van der Waals surface area contributed by atoms with E-state index in [1.165, 1.54) is 0 Å². The summed E-state index contributed by atoms with van der Waals surface area (Å²) in [6.07, 6.45) is 0.786. The molecule has 0 unspecified atom stereocenters. The van der Waals surface area contributed by atoms with Crippen LogP contribution in [0.4, 0.5) is 0 Å². The second-order valence-electron chi connectivity index (χ2n) is 9.20. The molecule has 0 bridgehead atoms. The van der Waals surface area contributed by atoms with E-state index in [1.54, 1.807) is 29.7 Å². The zero-order chi connectivity index (χ0) is 22.0. The Morgan fingerprint density at radius 2 is 1.83 bits per heavy atom. The first-order chi connectivity index (χ1) is 13.3. The number of amides is 1. The van der Waals surface area contributed by atoms with E-state index in [9.17, 15) is 14.4 Å². The fraction of sp³-hybridized carbons (Fsp3) is 0.545. The SMILES string of the molecule is CCn1c(=O)c(C)nc2cc(C(=O)OCC(=O)NC(C)(C)CC(C)(C)C)ccc21. The lowest BCUT2D eigenvalue weighted by molar-refractivity contribution is -0.126. The number of hydrogen-bond acceptors (Lipinski definition) is 5. The van der Waals surface area contributed by atoms with Crippen LogP contribution in [0.25, 0.3) is 11.0 Å². The number of aryl methyl sites for hydroxylation is 2. The van der Waals surface area contributed by atoms with Crippen LogP contribution in [-0.2, 0) is 16.1 Å². The van der Waals surface area contributed by atoms with Crippen molar-refractivity contribution in [3.05, 3.63) is 39.8 Å². The van der Waals surface area contributed by atoms with Crippen molar-refractivity contribution in [2.24, 2.45) is 5.41 Å². The highest BCUT2D eigenvalue weighted by atomic mass is 16.5. The number of rotatable bonds is 6. The van der Waals surface area contributed by atoms with Crippen molar-refractivity contribution < 1.29 is 14.3 Å². The van der Waals surface area contributed by atoms with Gasteiger partial charge in [0.25, 0.3) is 11.5 Å². The second-order valence-corrected chi connectivity index (χ2v) is 9.20. The van der Waals surface area contributed by atoms with Crippen molar-refractivity contribution >= 4 is 22.9 Å². The quantitative estimate of drug-likeness (QED) is 0.751. The fourth-order valence-corrected chi connectivity index (χ4v) is 3.81. The third-order valence-electron chi connectivity index (χ3n) is 4.45. The molecular weight excluding hydrogens is 370 g/mol. The van der Waals surface area contributed by atoms with Gasteiger partial charge in [0.05, 0.1) is 16.6 Å². The average molecular weight is 402 g/mol. The Bertz CT molecular complexity index is 984. The maximum Gasteiger partial charge on any atom is 0.338 e. The summed E-state index contributed by atoms with van der Waals surface area (Å²) in [5.41, 5.74) is 1.34. The zero-order valence-electron chi connectivity index (χ0n) is 18.4. The first-order valence-electron chi connectivity index (χ1n) is 9.82. The second kappa shape index (κ2) is 8.35. The number of carbonyl (C=O) groups is 2. The summed E-state index contributed by atoms with van der Waals surface area (Å²) in [5.74, 6) is -0.952. The van der Waals surface area contributed by atoms with Crippen LogP contribution < -0.4 is 10.9 Å². The minimum atomic E-state index is -0.607. The molecule has 0 aliphatic heterocycles. The molecule has 7 heteroatoms. The van der Waals surface area contributed by atoms with Crippen molar-refractivity contribution in [1.29, 1.82) is 0 Å². The van der Waals surface area contributed by atoms with Crippen LogP contribution in [0.2, 0.25) is 0 Å². The number of benzene rings is 1. The first kappa shape index (κ1) is 22.6. The van der Waals surface area contributed by atoms with Crippen molar-refractivity contribution in [1.82, 2.24) is 14.9 Å². The normalized spacial score (nSPS) is 12.1. The molecule has 0 fully saturated rings. The third kappa shape index (κ3) is 5.89. The van der Waals surface area contributed by atoms with E-state index >= 15 is 0 Å². The van der Waals surface area contributed by atoms with Gasteiger partial charge in [-0.15, -0.1) is 0 Å². The smallest absolute Gasteiger partial charge is 0.338 e. The Labute approximate surface area is 171 Å². The molecule has 1 aromatic heterocycles. The molecule has 29 heavy (non-hydrogen) atoms. The number of hydrogen-bond donors (Lipinski definition) is 1. The largest absolute Gasteiger partial charge is 0.452 e. The fourth-order valence-electron chi connectivity index (χ4n) is 3.81. The molecule has 2 aromatic rings. The van der Waals surface area contributed by atoms with Crippen molar-refractivity contribution in [2.45, 2.75) is 67.0 Å². The van der Waals surface area contributed by atoms with Gasteiger partial charge in [-0.05, 0) is 57.7 Å². The molecule has 1 heterocycles. The minimum absolute atomic E-state index is 0.0585. The van der Waals surface area contributed by atoms with Gasteiger partial charge in [-0.1, -0.05) is 20.8 Å². The van der Waals surface area contributed by atoms with E-state index in [-0.39, 0.29) is 29.1 Å². The zero-order valence-corrected chi connectivity index (χ0v) is 18.4. The molecule has 7 nitrogen and oxygen atoms in total. The third-order valence-corrected chi connectivity index (χ3v) is 4.45. The Balaban J connectivity index is 2.09. The summed E-state index contributed by atoms with van der Waals surface area (Å²) in [7, 11) is 0. The standard InChI is InChI=1S/C22H31N3O4/c1-8-25-17-10-9-15(11-16(17)23-14(2)19(25)27)20(28)29-12-18(26)24-22(6,7)13-21(3,4)5/h9-11H,8,12-13H2,1-7H3,(H,24,26). The van der Waals surface area contributed by atoms with Crippen LogP contribution in [0, 0.1) is 12.3 Å². The van der Waals surface area contributed by atoms with E-state index < -0.39 is 11.5 Å². The van der Waals surface area contributed by atoms with Gasteiger partial charge in [0.1, 0.15) is 5.69 Å². The van der Waals surface area contributed by atoms with Crippen molar-refractivity contribution in [2.75, 3.05) is 6.61 Å². The highest BCUT2D eigenvalue weighted by Crippen LogP contribution is 2.26. The average Bonchev–Trinajstić information content (AvgIpc) is 2.57. The van der Waals surface area contributed by atoms with E-state index in [4.69, 9.17) is 4.74 Å². The van der Waals surface area contributed by atoms with Gasteiger partial charge in [0.2, 0.25) is 0 Å². The number of fused-ring (bicyclic) bond motifs is 1. The summed E-state index contributed by atoms with van der Waals surface area (Å²) in [6.45, 7) is 13.9. The lowest BCUT2D eigenvalue weighted by Gasteiger charge is -2.33. The predicted molar refractivity (Wildman–Crippen MR) is 113 cm³/mol. The molecule has 0 aliphatic carbocycles. The molecule has 0 saturated carbocycles. The highest BCUT2D eigenvalue weighted by molar-refractivity contribution is 5.94. The van der Waals surface area contributed by atoms with E-state index in [0.717, 1.165) is 6.42 Å². The molecule has 1 aromatic carbocycles. The lowest BCUT2D eigenvalue weighted by atomic mass is 9.82. The molecule has 0 radical (unpaired) electrons. The Kier molecular flexibility index (Phi) is 6.50. The number of carbonyl (C=O) groups excluding carboxylic acids is 2. The number of nitrogens with one attached hydrogen (secondary N) is 1. The number of esters is 1. The van der Waals surface area contributed by atoms with Gasteiger partial charge >= 0.3 is 5.97 Å². The summed E-state index contributed by atoms with van der Waals surface area (Å²) < 4.78 is 6.79. The first-order valence-corrected chi connectivity index (χ1v) is 9.82. The van der Waals surface area contributed by atoms with Gasteiger partial charge in [0.15, 0.2) is 6.61 Å². The lowest BCUT2D eigenvalue weighted by Crippen LogP contribution is -2.47. The minimum Gasteiger partial charge on any atom is -0.452 e. The van der Waals surface area contributed by atoms with Crippen LogP contribution >= 0.6 is 0 Å². The molecule has 158 valence electrons. The topological polar surface area (TPSA) is 90.3 Å². The summed E-state index contributed by atoms with van der Waals surface area (Å²) >= 11 is 0. The van der Waals surface area contributed by atoms with Gasteiger partial charge in [-0.3, -0.25) is 9.59 Å². The summed E-state index contributed by atoms with van der Waals surface area (Å²) in [6, 6.07) is 4.84. The molecule has 0 spiro atoms. The van der Waals surface area contributed by atoms with Gasteiger partial charge < -0.3 is 14.6 Å². The Hall–Kier alpha value is -2.70. The molecule has 0 aliphatic rings. The summed E-state index contributed by atoms with van der Waals surface area (Å²) in [5, 5.41) is 2.91.